The van der Waals surface area contributed by atoms with Crippen molar-refractivity contribution >= 4 is 51.1 Å². The summed E-state index contributed by atoms with van der Waals surface area (Å²) in [5.41, 5.74) is 6.91. The van der Waals surface area contributed by atoms with Crippen molar-refractivity contribution in [1.82, 2.24) is 20.2 Å². The molecule has 61 heavy (non-hydrogen) atoms. The number of allylic oxidation sites excluding steroid dienone is 1. The Labute approximate surface area is 362 Å². The van der Waals surface area contributed by atoms with E-state index >= 15 is 0 Å². The fourth-order valence-corrected chi connectivity index (χ4v) is 7.20. The number of aromatic hydroxyl groups is 1. The van der Waals surface area contributed by atoms with Crippen molar-refractivity contribution in [2.45, 2.75) is 45.4 Å². The molecule has 0 saturated carbocycles. The number of phenols is 1. The Morgan fingerprint density at radius 1 is 0.803 bits per heavy atom. The summed E-state index contributed by atoms with van der Waals surface area (Å²) in [6.45, 7) is 5.31. The van der Waals surface area contributed by atoms with Crippen molar-refractivity contribution in [3.05, 3.63) is 143 Å². The Hall–Kier alpha value is -6.17. The number of aromatic nitrogens is 2. The molecular weight excluding hydrogens is 793 g/mol. The molecule has 3 N–H and O–H groups in total. The zero-order valence-electron chi connectivity index (χ0n) is 34.9. The molecule has 1 heterocycles. The number of ether oxygens (including phenoxy) is 3. The van der Waals surface area contributed by atoms with Crippen molar-refractivity contribution in [3.63, 3.8) is 0 Å². The number of likely N-dealkylation sites (N-methyl/N-ethyl adjacent to an activating group) is 1. The number of amides is 1. The Morgan fingerprint density at radius 2 is 1.56 bits per heavy atom. The van der Waals surface area contributed by atoms with Gasteiger partial charge in [0.1, 0.15) is 36.1 Å². The lowest BCUT2D eigenvalue weighted by Gasteiger charge is -2.18. The zero-order chi connectivity index (χ0) is 43.0. The summed E-state index contributed by atoms with van der Waals surface area (Å²) in [7, 11) is 3.65. The van der Waals surface area contributed by atoms with Crippen LogP contribution in [-0.2, 0) is 4.79 Å². The summed E-state index contributed by atoms with van der Waals surface area (Å²) in [5, 5.41) is 16.8. The molecule has 0 spiro atoms. The fourth-order valence-electron chi connectivity index (χ4n) is 7.02. The number of benzene rings is 5. The number of anilines is 2. The first-order chi connectivity index (χ1) is 29.7. The molecule has 0 fully saturated rings. The van der Waals surface area contributed by atoms with Crippen LogP contribution in [0.1, 0.15) is 62.1 Å². The second-order valence-corrected chi connectivity index (χ2v) is 15.1. The molecule has 0 unspecified atom stereocenters. The van der Waals surface area contributed by atoms with Crippen molar-refractivity contribution in [2.24, 2.45) is 0 Å². The van der Waals surface area contributed by atoms with Crippen LogP contribution in [0, 0.1) is 5.82 Å². The number of phenolic OH excluding ortho intramolecular Hbond substituents is 1. The fraction of sp³-hybridized carbons (Fsp3) is 0.286. The Balaban J connectivity index is 0.874. The molecule has 12 heteroatoms. The maximum Gasteiger partial charge on any atom is 0.219 e. The Kier molecular flexibility index (Phi) is 16.3. The van der Waals surface area contributed by atoms with Gasteiger partial charge in [-0.3, -0.25) is 4.79 Å². The van der Waals surface area contributed by atoms with Crippen LogP contribution in [0.4, 0.5) is 15.9 Å². The molecule has 318 valence electrons. The van der Waals surface area contributed by atoms with Crippen molar-refractivity contribution in [3.8, 4) is 23.0 Å². The van der Waals surface area contributed by atoms with Gasteiger partial charge >= 0.3 is 0 Å². The summed E-state index contributed by atoms with van der Waals surface area (Å²) in [5.74, 6) is 2.13. The first kappa shape index (κ1) is 44.4. The highest BCUT2D eigenvalue weighted by Crippen LogP contribution is 2.37. The molecular formula is C49H53ClFN5O5. The lowest BCUT2D eigenvalue weighted by atomic mass is 9.88. The zero-order valence-corrected chi connectivity index (χ0v) is 35.7. The first-order valence-electron chi connectivity index (χ1n) is 20.7. The van der Waals surface area contributed by atoms with E-state index in [9.17, 15) is 14.3 Å². The third-order valence-corrected chi connectivity index (χ3v) is 10.6. The van der Waals surface area contributed by atoms with E-state index in [1.54, 1.807) is 37.4 Å². The summed E-state index contributed by atoms with van der Waals surface area (Å²) >= 11 is 5.96. The highest BCUT2D eigenvalue weighted by atomic mass is 35.5. The highest BCUT2D eigenvalue weighted by Gasteiger charge is 2.15. The monoisotopic (exact) mass is 845 g/mol. The standard InChI is InChI=1S/C49H53ClFN5O5/c1-4-40(34-12-7-5-8-13-34)48(35-15-20-38(57)21-16-35)36-17-22-39(23-18-36)60-29-27-56(2)26-10-6-9-14-47(58)52-25-11-28-61-46-31-41-44(32-45(46)59-3)53-33-54-49(41)55-37-19-24-43(51)42(50)30-37/h5,7-8,12-13,15-24,30-33,57H,4,6,9-11,14,25-29H2,1-3H3,(H,52,58)(H,53,54,55)/b48-40-. The summed E-state index contributed by atoms with van der Waals surface area (Å²) in [6, 6.07) is 34.0. The minimum atomic E-state index is -0.505. The maximum atomic E-state index is 13.7. The van der Waals surface area contributed by atoms with E-state index < -0.39 is 5.82 Å². The van der Waals surface area contributed by atoms with Crippen LogP contribution < -0.4 is 24.8 Å². The third-order valence-electron chi connectivity index (χ3n) is 10.3. The van der Waals surface area contributed by atoms with E-state index in [0.717, 1.165) is 61.2 Å². The van der Waals surface area contributed by atoms with Crippen LogP contribution in [0.3, 0.4) is 0 Å². The van der Waals surface area contributed by atoms with Crippen LogP contribution >= 0.6 is 11.6 Å². The number of rotatable bonds is 22. The summed E-state index contributed by atoms with van der Waals surface area (Å²) in [4.78, 5) is 23.5. The smallest absolute Gasteiger partial charge is 0.219 e. The number of methoxy groups -OCH3 is 1. The predicted molar refractivity (Wildman–Crippen MR) is 243 cm³/mol. The average molecular weight is 846 g/mol. The molecule has 0 atom stereocenters. The van der Waals surface area contributed by atoms with Crippen LogP contribution in [0.25, 0.3) is 22.0 Å². The molecule has 10 nitrogen and oxygen atoms in total. The van der Waals surface area contributed by atoms with Crippen molar-refractivity contribution in [1.29, 1.82) is 0 Å². The number of hydrogen-bond donors (Lipinski definition) is 3. The normalized spacial score (nSPS) is 11.6. The molecule has 0 aliphatic heterocycles. The molecule has 6 rings (SSSR count). The maximum absolute atomic E-state index is 13.7. The highest BCUT2D eigenvalue weighted by molar-refractivity contribution is 6.31. The van der Waals surface area contributed by atoms with Gasteiger partial charge in [0.2, 0.25) is 5.91 Å². The average Bonchev–Trinajstić information content (AvgIpc) is 3.27. The van der Waals surface area contributed by atoms with Gasteiger partial charge in [0, 0.05) is 36.7 Å². The lowest BCUT2D eigenvalue weighted by Crippen LogP contribution is -2.26. The Bertz CT molecular complexity index is 2380. The number of halogens is 2. The van der Waals surface area contributed by atoms with Crippen molar-refractivity contribution in [2.75, 3.05) is 52.3 Å². The largest absolute Gasteiger partial charge is 0.508 e. The van der Waals surface area contributed by atoms with Crippen LogP contribution in [0.5, 0.6) is 23.0 Å². The Morgan fingerprint density at radius 3 is 2.28 bits per heavy atom. The van der Waals surface area contributed by atoms with E-state index in [1.165, 1.54) is 29.6 Å². The van der Waals surface area contributed by atoms with Gasteiger partial charge in [0.15, 0.2) is 11.5 Å². The number of hydrogen-bond acceptors (Lipinski definition) is 9. The molecule has 6 aromatic rings. The molecule has 1 aromatic heterocycles. The van der Waals surface area contributed by atoms with Gasteiger partial charge in [-0.25, -0.2) is 14.4 Å². The lowest BCUT2D eigenvalue weighted by molar-refractivity contribution is -0.121. The summed E-state index contributed by atoms with van der Waals surface area (Å²) < 4.78 is 31.4. The molecule has 0 aliphatic carbocycles. The number of unbranched alkanes of at least 4 members (excludes halogenated alkanes) is 2. The van der Waals surface area contributed by atoms with Crippen LogP contribution in [-0.4, -0.2) is 72.9 Å². The number of nitrogens with zero attached hydrogens (tertiary/aromatic N) is 3. The van der Waals surface area contributed by atoms with Crippen LogP contribution in [0.15, 0.2) is 116 Å². The molecule has 1 amide bonds. The number of fused-ring (bicyclic) bond motifs is 1. The van der Waals surface area contributed by atoms with Gasteiger partial charge in [-0.1, -0.05) is 79.5 Å². The van der Waals surface area contributed by atoms with Gasteiger partial charge < -0.3 is 34.9 Å². The van der Waals surface area contributed by atoms with E-state index in [2.05, 4.69) is 75.9 Å². The van der Waals surface area contributed by atoms with Gasteiger partial charge in [-0.15, -0.1) is 0 Å². The number of carbonyl (C=O) groups is 1. The van der Waals surface area contributed by atoms with Crippen molar-refractivity contribution < 1.29 is 28.5 Å². The predicted octanol–water partition coefficient (Wildman–Crippen LogP) is 10.7. The summed E-state index contributed by atoms with van der Waals surface area (Å²) in [6.07, 6.45) is 6.15. The second kappa shape index (κ2) is 22.4. The second-order valence-electron chi connectivity index (χ2n) is 14.7. The number of nitrogens with one attached hydrogen (secondary N) is 2. The van der Waals surface area contributed by atoms with E-state index in [-0.39, 0.29) is 16.7 Å². The van der Waals surface area contributed by atoms with Gasteiger partial charge in [0.05, 0.1) is 24.3 Å². The molecule has 0 aliphatic rings. The minimum absolute atomic E-state index is 0.00306. The minimum Gasteiger partial charge on any atom is -0.508 e. The van der Waals surface area contributed by atoms with E-state index in [0.29, 0.717) is 66.5 Å². The molecule has 5 aromatic carbocycles. The van der Waals surface area contributed by atoms with Gasteiger partial charge in [-0.2, -0.15) is 0 Å². The first-order valence-corrected chi connectivity index (χ1v) is 21.0. The van der Waals surface area contributed by atoms with Crippen LogP contribution in [0.2, 0.25) is 5.02 Å². The SMILES string of the molecule is CC/C(=C(\c1ccc(O)cc1)c1ccc(OCCN(C)CCCCCC(=O)NCCCOc2cc3c(Nc4ccc(F)c(Cl)c4)ncnc3cc2OC)cc1)c1ccccc1. The molecule has 0 saturated heterocycles. The molecule has 0 radical (unpaired) electrons. The number of carbonyl (C=O) groups excluding carboxylic acids is 1. The van der Waals surface area contributed by atoms with Gasteiger partial charge in [0.25, 0.3) is 0 Å². The van der Waals surface area contributed by atoms with Gasteiger partial charge in [-0.05, 0) is 116 Å². The molecule has 0 bridgehead atoms. The topological polar surface area (TPSA) is 118 Å². The van der Waals surface area contributed by atoms with E-state index in [4.69, 9.17) is 25.8 Å². The third kappa shape index (κ3) is 12.7. The quantitative estimate of drug-likeness (QED) is 0.0453. The van der Waals surface area contributed by atoms with E-state index in [1.807, 2.05) is 30.3 Å².